The van der Waals surface area contributed by atoms with Crippen molar-refractivity contribution in [3.8, 4) is 5.82 Å². The van der Waals surface area contributed by atoms with Crippen LogP contribution in [-0.4, -0.2) is 36.7 Å². The average Bonchev–Trinajstić information content (AvgIpc) is 2.52. The third-order valence-corrected chi connectivity index (χ3v) is 3.11. The zero-order valence-electron chi connectivity index (χ0n) is 14.3. The van der Waals surface area contributed by atoms with E-state index < -0.39 is 11.9 Å². The van der Waals surface area contributed by atoms with E-state index in [0.29, 0.717) is 18.0 Å². The molecule has 2 heterocycles. The first-order chi connectivity index (χ1) is 11.6. The fourth-order valence-corrected chi connectivity index (χ4v) is 1.83. The maximum absolute atomic E-state index is 11.8. The zero-order valence-corrected chi connectivity index (χ0v) is 14.3. The molecule has 0 aliphatic rings. The Kier molecular flexibility index (Phi) is 6.74. The molecule has 2 aromatic heterocycles. The van der Waals surface area contributed by atoms with Crippen molar-refractivity contribution in [3.05, 3.63) is 63.5 Å². The van der Waals surface area contributed by atoms with Crippen molar-refractivity contribution in [3.63, 3.8) is 0 Å². The topological polar surface area (TPSA) is 122 Å². The number of carbonyl (C=O) groups is 2. The highest BCUT2D eigenvalue weighted by molar-refractivity contribution is 5.89. The fraction of sp³-hybridized carbons (Fsp3) is 0.235. The maximum Gasteiger partial charge on any atom is 0.328 e. The summed E-state index contributed by atoms with van der Waals surface area (Å²) < 4.78 is 1.55. The number of pyridine rings is 1. The largest absolute Gasteiger partial charge is 0.478 e. The quantitative estimate of drug-likeness (QED) is 0.810. The molecular weight excluding hydrogens is 326 g/mol. The Morgan fingerprint density at radius 1 is 0.920 bits per heavy atom. The molecule has 2 aromatic rings. The third kappa shape index (κ3) is 6.02. The second-order valence-electron chi connectivity index (χ2n) is 5.23. The van der Waals surface area contributed by atoms with E-state index in [2.05, 4.69) is 9.97 Å². The lowest BCUT2D eigenvalue weighted by Crippen LogP contribution is -2.20. The van der Waals surface area contributed by atoms with Crippen LogP contribution in [0, 0.1) is 27.7 Å². The van der Waals surface area contributed by atoms with E-state index in [1.165, 1.54) is 0 Å². The van der Waals surface area contributed by atoms with Crippen LogP contribution in [0.3, 0.4) is 0 Å². The molecule has 0 atom stereocenters. The molecule has 25 heavy (non-hydrogen) atoms. The molecule has 0 aliphatic heterocycles. The third-order valence-electron chi connectivity index (χ3n) is 3.11. The van der Waals surface area contributed by atoms with Crippen LogP contribution in [0.2, 0.25) is 0 Å². The summed E-state index contributed by atoms with van der Waals surface area (Å²) in [6.45, 7) is 7.62. The standard InChI is InChI=1S/C13H15N3O.C4H4O4/c1-8-5-6-12(17)16(7-8)13-11(4)14-9(2)10(3)15-13;5-3(6)1-2-4(7)8/h5-7H,1-4H3;1-2H,(H,5,6)(H,7,8)/b;2-1+. The molecule has 132 valence electrons. The minimum Gasteiger partial charge on any atom is -0.478 e. The van der Waals surface area contributed by atoms with Gasteiger partial charge in [-0.25, -0.2) is 14.6 Å². The maximum atomic E-state index is 11.8. The average molecular weight is 345 g/mol. The minimum absolute atomic E-state index is 0.0868. The van der Waals surface area contributed by atoms with Crippen LogP contribution in [0.15, 0.2) is 35.3 Å². The SMILES string of the molecule is Cc1ccc(=O)n(-c2nc(C)c(C)nc2C)c1.O=C(O)/C=C/C(=O)O. The highest BCUT2D eigenvalue weighted by atomic mass is 16.4. The highest BCUT2D eigenvalue weighted by Crippen LogP contribution is 2.10. The van der Waals surface area contributed by atoms with Crippen molar-refractivity contribution in [1.82, 2.24) is 14.5 Å². The van der Waals surface area contributed by atoms with Gasteiger partial charge in [0.15, 0.2) is 5.82 Å². The molecule has 2 rings (SSSR count). The van der Waals surface area contributed by atoms with Crippen molar-refractivity contribution in [2.75, 3.05) is 0 Å². The van der Waals surface area contributed by atoms with E-state index in [0.717, 1.165) is 22.6 Å². The molecule has 0 unspecified atom stereocenters. The number of nitrogens with zero attached hydrogens (tertiary/aromatic N) is 3. The molecule has 0 radical (unpaired) electrons. The van der Waals surface area contributed by atoms with Crippen molar-refractivity contribution < 1.29 is 19.8 Å². The molecule has 0 spiro atoms. The van der Waals surface area contributed by atoms with Crippen LogP contribution in [0.5, 0.6) is 0 Å². The monoisotopic (exact) mass is 345 g/mol. The Hall–Kier alpha value is -3.29. The summed E-state index contributed by atoms with van der Waals surface area (Å²) in [5.74, 6) is -1.90. The van der Waals surface area contributed by atoms with Crippen LogP contribution in [0.4, 0.5) is 0 Å². The lowest BCUT2D eigenvalue weighted by Gasteiger charge is -2.10. The van der Waals surface area contributed by atoms with Crippen molar-refractivity contribution >= 4 is 11.9 Å². The van der Waals surface area contributed by atoms with E-state index in [-0.39, 0.29) is 5.56 Å². The molecule has 2 N–H and O–H groups in total. The van der Waals surface area contributed by atoms with Gasteiger partial charge in [0, 0.05) is 24.4 Å². The van der Waals surface area contributed by atoms with Crippen LogP contribution in [0.25, 0.3) is 5.82 Å². The molecule has 0 fully saturated rings. The molecular formula is C17H19N3O5. The number of rotatable bonds is 3. The van der Waals surface area contributed by atoms with Gasteiger partial charge in [-0.2, -0.15) is 0 Å². The van der Waals surface area contributed by atoms with Gasteiger partial charge in [-0.15, -0.1) is 0 Å². The Labute approximate surface area is 144 Å². The summed E-state index contributed by atoms with van der Waals surface area (Å²) in [6, 6.07) is 3.34. The molecule has 0 saturated heterocycles. The number of aromatic nitrogens is 3. The number of aryl methyl sites for hydroxylation is 4. The Morgan fingerprint density at radius 2 is 1.44 bits per heavy atom. The Balaban J connectivity index is 0.000000333. The van der Waals surface area contributed by atoms with Crippen molar-refractivity contribution in [2.45, 2.75) is 27.7 Å². The van der Waals surface area contributed by atoms with E-state index in [4.69, 9.17) is 10.2 Å². The lowest BCUT2D eigenvalue weighted by atomic mass is 10.3. The van der Waals surface area contributed by atoms with Gasteiger partial charge in [0.05, 0.1) is 17.1 Å². The lowest BCUT2D eigenvalue weighted by molar-refractivity contribution is -0.134. The number of aliphatic carboxylic acids is 2. The zero-order chi connectivity index (χ0) is 19.1. The van der Waals surface area contributed by atoms with Crippen molar-refractivity contribution in [2.24, 2.45) is 0 Å². The highest BCUT2D eigenvalue weighted by Gasteiger charge is 2.08. The molecule has 8 heteroatoms. The van der Waals surface area contributed by atoms with Crippen LogP contribution in [-0.2, 0) is 9.59 Å². The number of hydrogen-bond acceptors (Lipinski definition) is 5. The molecule has 0 aromatic carbocycles. The second-order valence-corrected chi connectivity index (χ2v) is 5.23. The van der Waals surface area contributed by atoms with Gasteiger partial charge in [-0.1, -0.05) is 6.07 Å². The summed E-state index contributed by atoms with van der Waals surface area (Å²) in [6.07, 6.45) is 2.90. The van der Waals surface area contributed by atoms with Gasteiger partial charge in [0.25, 0.3) is 5.56 Å². The van der Waals surface area contributed by atoms with Gasteiger partial charge in [0.1, 0.15) is 0 Å². The van der Waals surface area contributed by atoms with Gasteiger partial charge in [-0.05, 0) is 33.3 Å². The molecule has 0 saturated carbocycles. The first-order valence-electron chi connectivity index (χ1n) is 7.27. The van der Waals surface area contributed by atoms with E-state index in [9.17, 15) is 14.4 Å². The van der Waals surface area contributed by atoms with Crippen LogP contribution >= 0.6 is 0 Å². The Morgan fingerprint density at radius 3 is 1.96 bits per heavy atom. The summed E-state index contributed by atoms with van der Waals surface area (Å²) in [5.41, 5.74) is 3.44. The first kappa shape index (κ1) is 19.8. The number of carboxylic acids is 2. The molecule has 8 nitrogen and oxygen atoms in total. The van der Waals surface area contributed by atoms with Crippen LogP contribution in [0.1, 0.15) is 22.6 Å². The molecule has 0 aliphatic carbocycles. The second kappa shape index (κ2) is 8.53. The Bertz CT molecular complexity index is 868. The van der Waals surface area contributed by atoms with E-state index >= 15 is 0 Å². The van der Waals surface area contributed by atoms with E-state index in [1.807, 2.05) is 27.7 Å². The predicted octanol–water partition coefficient (Wildman–Crippen LogP) is 1.57. The summed E-state index contributed by atoms with van der Waals surface area (Å²) >= 11 is 0. The number of hydrogen-bond donors (Lipinski definition) is 2. The number of carboxylic acid groups (broad SMARTS) is 2. The fourth-order valence-electron chi connectivity index (χ4n) is 1.83. The first-order valence-corrected chi connectivity index (χ1v) is 7.27. The van der Waals surface area contributed by atoms with Gasteiger partial charge >= 0.3 is 11.9 Å². The smallest absolute Gasteiger partial charge is 0.328 e. The normalized spacial score (nSPS) is 10.2. The van der Waals surface area contributed by atoms with Gasteiger partial charge in [-0.3, -0.25) is 14.3 Å². The summed E-state index contributed by atoms with van der Waals surface area (Å²) in [7, 11) is 0. The summed E-state index contributed by atoms with van der Waals surface area (Å²) in [4.78, 5) is 39.8. The molecule has 0 bridgehead atoms. The van der Waals surface area contributed by atoms with Gasteiger partial charge in [0.2, 0.25) is 0 Å². The van der Waals surface area contributed by atoms with Crippen molar-refractivity contribution in [1.29, 1.82) is 0 Å². The minimum atomic E-state index is -1.26. The van der Waals surface area contributed by atoms with Crippen LogP contribution < -0.4 is 5.56 Å². The van der Waals surface area contributed by atoms with E-state index in [1.54, 1.807) is 22.9 Å². The summed E-state index contributed by atoms with van der Waals surface area (Å²) in [5, 5.41) is 15.6. The van der Waals surface area contributed by atoms with Gasteiger partial charge < -0.3 is 10.2 Å². The predicted molar refractivity (Wildman–Crippen MR) is 91.0 cm³/mol. The molecule has 0 amide bonds.